The molecule has 7 heteroatoms. The lowest BCUT2D eigenvalue weighted by molar-refractivity contribution is 0.0947. The molecule has 0 aromatic heterocycles. The molecule has 2 aromatic rings. The van der Waals surface area contributed by atoms with Crippen molar-refractivity contribution in [2.75, 3.05) is 30.8 Å². The van der Waals surface area contributed by atoms with Crippen molar-refractivity contribution in [3.63, 3.8) is 0 Å². The van der Waals surface area contributed by atoms with E-state index in [4.69, 9.17) is 4.74 Å². The van der Waals surface area contributed by atoms with Crippen molar-refractivity contribution < 1.29 is 17.9 Å². The predicted octanol–water partition coefficient (Wildman–Crippen LogP) is 2.51. The van der Waals surface area contributed by atoms with E-state index in [2.05, 4.69) is 5.32 Å². The van der Waals surface area contributed by atoms with E-state index in [0.717, 1.165) is 21.9 Å². The van der Waals surface area contributed by atoms with E-state index in [-0.39, 0.29) is 5.91 Å². The summed E-state index contributed by atoms with van der Waals surface area (Å²) in [6.07, 6.45) is 1.13. The summed E-state index contributed by atoms with van der Waals surface area (Å²) in [4.78, 5) is 12.1. The van der Waals surface area contributed by atoms with Crippen molar-refractivity contribution in [3.05, 3.63) is 59.2 Å². The Morgan fingerprint density at radius 2 is 1.77 bits per heavy atom. The van der Waals surface area contributed by atoms with E-state index in [0.29, 0.717) is 24.4 Å². The Bertz CT molecular complexity index is 877. The van der Waals surface area contributed by atoms with E-state index in [9.17, 15) is 13.2 Å². The van der Waals surface area contributed by atoms with Crippen LogP contribution in [0, 0.1) is 13.8 Å². The third-order valence-corrected chi connectivity index (χ3v) is 5.17. The Labute approximate surface area is 154 Å². The highest BCUT2D eigenvalue weighted by molar-refractivity contribution is 7.92. The fourth-order valence-electron chi connectivity index (χ4n) is 2.40. The number of nitrogens with one attached hydrogen (secondary N) is 1. The van der Waals surface area contributed by atoms with Crippen LogP contribution < -0.4 is 14.4 Å². The lowest BCUT2D eigenvalue weighted by Crippen LogP contribution is -2.28. The lowest BCUT2D eigenvalue weighted by Gasteiger charge is -2.16. The first kappa shape index (κ1) is 19.8. The molecule has 6 nitrogen and oxygen atoms in total. The van der Waals surface area contributed by atoms with Gasteiger partial charge in [-0.05, 0) is 49.7 Å². The number of aryl methyl sites for hydroxylation is 2. The number of carbonyl (C=O) groups is 1. The average molecular weight is 376 g/mol. The van der Waals surface area contributed by atoms with E-state index in [1.54, 1.807) is 24.3 Å². The largest absolute Gasteiger partial charge is 0.491 e. The molecule has 0 heterocycles. The Morgan fingerprint density at radius 3 is 2.35 bits per heavy atom. The molecule has 0 radical (unpaired) electrons. The maximum atomic E-state index is 12.1. The second-order valence-corrected chi connectivity index (χ2v) is 8.16. The molecule has 0 bridgehead atoms. The molecule has 2 rings (SSSR count). The van der Waals surface area contributed by atoms with Gasteiger partial charge in [-0.15, -0.1) is 0 Å². The van der Waals surface area contributed by atoms with Crippen LogP contribution in [0.3, 0.4) is 0 Å². The molecule has 0 fully saturated rings. The van der Waals surface area contributed by atoms with Gasteiger partial charge in [-0.25, -0.2) is 8.42 Å². The van der Waals surface area contributed by atoms with Gasteiger partial charge in [0.1, 0.15) is 12.4 Å². The molecule has 2 aromatic carbocycles. The zero-order valence-electron chi connectivity index (χ0n) is 15.4. The third-order valence-electron chi connectivity index (χ3n) is 3.97. The van der Waals surface area contributed by atoms with Crippen LogP contribution in [-0.4, -0.2) is 40.8 Å². The Morgan fingerprint density at radius 1 is 1.12 bits per heavy atom. The van der Waals surface area contributed by atoms with Crippen molar-refractivity contribution in [1.29, 1.82) is 0 Å². The third kappa shape index (κ3) is 5.23. The monoisotopic (exact) mass is 376 g/mol. The van der Waals surface area contributed by atoms with Gasteiger partial charge in [0.2, 0.25) is 10.0 Å². The molecule has 0 saturated carbocycles. The van der Waals surface area contributed by atoms with Crippen LogP contribution in [0.2, 0.25) is 0 Å². The molecule has 0 spiro atoms. The van der Waals surface area contributed by atoms with Gasteiger partial charge in [0.25, 0.3) is 5.91 Å². The van der Waals surface area contributed by atoms with Gasteiger partial charge >= 0.3 is 0 Å². The van der Waals surface area contributed by atoms with Gasteiger partial charge < -0.3 is 10.1 Å². The number of hydrogen-bond acceptors (Lipinski definition) is 4. The minimum Gasteiger partial charge on any atom is -0.491 e. The number of hydrogen-bond donors (Lipinski definition) is 1. The number of benzene rings is 2. The van der Waals surface area contributed by atoms with Crippen molar-refractivity contribution in [3.8, 4) is 5.75 Å². The van der Waals surface area contributed by atoms with Crippen molar-refractivity contribution in [2.24, 2.45) is 0 Å². The molecule has 140 valence electrons. The molecular formula is C19H24N2O4S. The minimum atomic E-state index is -3.32. The summed E-state index contributed by atoms with van der Waals surface area (Å²) in [7, 11) is -1.86. The number of anilines is 1. The smallest absolute Gasteiger partial charge is 0.251 e. The summed E-state index contributed by atoms with van der Waals surface area (Å²) in [5.74, 6) is 0.570. The lowest BCUT2D eigenvalue weighted by atomic mass is 10.1. The van der Waals surface area contributed by atoms with Gasteiger partial charge in [-0.2, -0.15) is 0 Å². The summed E-state index contributed by atoms with van der Waals surface area (Å²) < 4.78 is 29.9. The first-order valence-electron chi connectivity index (χ1n) is 8.20. The van der Waals surface area contributed by atoms with E-state index in [1.807, 2.05) is 32.0 Å². The molecule has 0 saturated heterocycles. The molecule has 0 atom stereocenters. The van der Waals surface area contributed by atoms with Crippen LogP contribution in [0.1, 0.15) is 21.5 Å². The Kier molecular flexibility index (Phi) is 6.26. The molecule has 26 heavy (non-hydrogen) atoms. The Hall–Kier alpha value is -2.54. The van der Waals surface area contributed by atoms with E-state index >= 15 is 0 Å². The van der Waals surface area contributed by atoms with E-state index < -0.39 is 10.0 Å². The molecule has 0 unspecified atom stereocenters. The number of ether oxygens (including phenoxy) is 1. The molecule has 0 aliphatic rings. The predicted molar refractivity (Wildman–Crippen MR) is 103 cm³/mol. The highest BCUT2D eigenvalue weighted by Crippen LogP contribution is 2.18. The topological polar surface area (TPSA) is 75.7 Å². The van der Waals surface area contributed by atoms with Crippen LogP contribution >= 0.6 is 0 Å². The summed E-state index contributed by atoms with van der Waals surface area (Å²) in [5, 5.41) is 2.78. The number of carbonyl (C=O) groups excluding carboxylic acids is 1. The summed E-state index contributed by atoms with van der Waals surface area (Å²) in [5.41, 5.74) is 3.19. The zero-order valence-corrected chi connectivity index (χ0v) is 16.3. The van der Waals surface area contributed by atoms with Crippen LogP contribution in [0.5, 0.6) is 5.75 Å². The van der Waals surface area contributed by atoms with Gasteiger partial charge in [0.15, 0.2) is 0 Å². The SMILES string of the molecule is Cc1ccc(OCCNC(=O)c2ccc(N(C)S(C)(=O)=O)cc2)c(C)c1. The van der Waals surface area contributed by atoms with Crippen molar-refractivity contribution >= 4 is 21.6 Å². The minimum absolute atomic E-state index is 0.234. The molecule has 0 aliphatic carbocycles. The van der Waals surface area contributed by atoms with Crippen LogP contribution in [0.4, 0.5) is 5.69 Å². The van der Waals surface area contributed by atoms with E-state index in [1.165, 1.54) is 12.6 Å². The second kappa shape index (κ2) is 8.23. The van der Waals surface area contributed by atoms with Crippen LogP contribution in [0.25, 0.3) is 0 Å². The standard InChI is InChI=1S/C19H24N2O4S/c1-14-5-10-18(15(2)13-14)25-12-11-20-19(22)16-6-8-17(9-7-16)21(3)26(4,23)24/h5-10,13H,11-12H2,1-4H3,(H,20,22). The maximum absolute atomic E-state index is 12.1. The second-order valence-electron chi connectivity index (χ2n) is 6.15. The first-order chi connectivity index (χ1) is 12.2. The van der Waals surface area contributed by atoms with Crippen molar-refractivity contribution in [2.45, 2.75) is 13.8 Å². The fourth-order valence-corrected chi connectivity index (χ4v) is 2.91. The molecule has 1 amide bonds. The van der Waals surface area contributed by atoms with Gasteiger partial charge in [-0.1, -0.05) is 17.7 Å². The summed E-state index contributed by atoms with van der Waals surface area (Å²) in [6.45, 7) is 4.74. The van der Waals surface area contributed by atoms with Crippen LogP contribution in [0.15, 0.2) is 42.5 Å². The summed E-state index contributed by atoms with van der Waals surface area (Å²) in [6, 6.07) is 12.3. The molecule has 1 N–H and O–H groups in total. The zero-order chi connectivity index (χ0) is 19.3. The number of rotatable bonds is 7. The fraction of sp³-hybridized carbons (Fsp3) is 0.316. The van der Waals surface area contributed by atoms with Gasteiger partial charge in [0.05, 0.1) is 18.5 Å². The van der Waals surface area contributed by atoms with Crippen LogP contribution in [-0.2, 0) is 10.0 Å². The quantitative estimate of drug-likeness (QED) is 0.754. The first-order valence-corrected chi connectivity index (χ1v) is 10.1. The average Bonchev–Trinajstić information content (AvgIpc) is 2.58. The maximum Gasteiger partial charge on any atom is 0.251 e. The number of nitrogens with zero attached hydrogens (tertiary/aromatic N) is 1. The number of amides is 1. The number of sulfonamides is 1. The Balaban J connectivity index is 1.86. The highest BCUT2D eigenvalue weighted by atomic mass is 32.2. The van der Waals surface area contributed by atoms with Crippen molar-refractivity contribution in [1.82, 2.24) is 5.32 Å². The normalized spacial score (nSPS) is 11.1. The highest BCUT2D eigenvalue weighted by Gasteiger charge is 2.12. The summed E-state index contributed by atoms with van der Waals surface area (Å²) >= 11 is 0. The molecule has 0 aliphatic heterocycles. The van der Waals surface area contributed by atoms with Gasteiger partial charge in [0, 0.05) is 12.6 Å². The molecular weight excluding hydrogens is 352 g/mol. The van der Waals surface area contributed by atoms with Gasteiger partial charge in [-0.3, -0.25) is 9.10 Å².